The number of amides is 3. The maximum absolute atomic E-state index is 12.9. The molecule has 3 aromatic rings. The molecule has 0 atom stereocenters. The lowest BCUT2D eigenvalue weighted by Gasteiger charge is -2.32. The summed E-state index contributed by atoms with van der Waals surface area (Å²) >= 11 is 1.38. The zero-order valence-electron chi connectivity index (χ0n) is 16.1. The van der Waals surface area contributed by atoms with Gasteiger partial charge in [-0.05, 0) is 18.1 Å². The van der Waals surface area contributed by atoms with Crippen molar-refractivity contribution in [3.05, 3.63) is 82.9 Å². The summed E-state index contributed by atoms with van der Waals surface area (Å²) in [7, 11) is 0. The van der Waals surface area contributed by atoms with Crippen LogP contribution in [0.4, 0.5) is 9.93 Å². The van der Waals surface area contributed by atoms with Crippen molar-refractivity contribution in [2.45, 2.75) is 18.9 Å². The number of anilines is 1. The van der Waals surface area contributed by atoms with Gasteiger partial charge in [0.15, 0.2) is 5.13 Å². The number of nitrogens with one attached hydrogen (secondary N) is 2. The maximum Gasteiger partial charge on any atom is 0.323 e. The van der Waals surface area contributed by atoms with Crippen molar-refractivity contribution in [3.8, 4) is 0 Å². The Kier molecular flexibility index (Phi) is 5.31. The molecular formula is C22H22N4O2S. The van der Waals surface area contributed by atoms with Crippen LogP contribution in [0.5, 0.6) is 0 Å². The van der Waals surface area contributed by atoms with E-state index >= 15 is 0 Å². The highest BCUT2D eigenvalue weighted by atomic mass is 32.1. The van der Waals surface area contributed by atoms with Gasteiger partial charge in [-0.3, -0.25) is 9.69 Å². The number of urea groups is 1. The van der Waals surface area contributed by atoms with E-state index in [2.05, 4.69) is 15.6 Å². The summed E-state index contributed by atoms with van der Waals surface area (Å²) < 4.78 is 0. The topological polar surface area (TPSA) is 74.3 Å². The first kappa shape index (κ1) is 19.1. The molecule has 29 heavy (non-hydrogen) atoms. The second-order valence-electron chi connectivity index (χ2n) is 7.09. The summed E-state index contributed by atoms with van der Waals surface area (Å²) in [5.74, 6) is -0.122. The number of hydrogen-bond donors (Lipinski definition) is 2. The van der Waals surface area contributed by atoms with Crippen molar-refractivity contribution in [2.24, 2.45) is 0 Å². The zero-order chi connectivity index (χ0) is 20.3. The average molecular weight is 407 g/mol. The Hall–Kier alpha value is -3.19. The van der Waals surface area contributed by atoms with Gasteiger partial charge in [0.2, 0.25) is 5.91 Å². The van der Waals surface area contributed by atoms with Crippen LogP contribution in [0.3, 0.4) is 0 Å². The van der Waals surface area contributed by atoms with Gasteiger partial charge in [-0.15, -0.1) is 11.3 Å². The van der Waals surface area contributed by atoms with Crippen molar-refractivity contribution >= 4 is 28.4 Å². The van der Waals surface area contributed by atoms with Gasteiger partial charge in [-0.1, -0.05) is 60.7 Å². The first-order chi connectivity index (χ1) is 14.1. The van der Waals surface area contributed by atoms with Crippen LogP contribution >= 0.6 is 11.3 Å². The molecule has 0 bridgehead atoms. The molecule has 4 rings (SSSR count). The quantitative estimate of drug-likeness (QED) is 0.660. The Labute approximate surface area is 173 Å². The molecule has 6 nitrogen and oxygen atoms in total. The van der Waals surface area contributed by atoms with E-state index in [4.69, 9.17) is 0 Å². The Morgan fingerprint density at radius 2 is 1.76 bits per heavy atom. The molecule has 148 valence electrons. The SMILES string of the molecule is CC(NC(=O)Cc1csc(N2CCNC2=O)n1)(c1ccccc1)c1ccccc1. The fourth-order valence-electron chi connectivity index (χ4n) is 3.50. The van der Waals surface area contributed by atoms with Crippen LogP contribution in [0, 0.1) is 0 Å². The van der Waals surface area contributed by atoms with E-state index in [0.717, 1.165) is 11.1 Å². The fourth-order valence-corrected chi connectivity index (χ4v) is 4.35. The van der Waals surface area contributed by atoms with E-state index in [-0.39, 0.29) is 18.4 Å². The summed E-state index contributed by atoms with van der Waals surface area (Å²) in [5.41, 5.74) is 2.01. The van der Waals surface area contributed by atoms with Gasteiger partial charge in [-0.2, -0.15) is 0 Å². The monoisotopic (exact) mass is 406 g/mol. The van der Waals surface area contributed by atoms with Crippen molar-refractivity contribution < 1.29 is 9.59 Å². The van der Waals surface area contributed by atoms with Crippen molar-refractivity contribution in [2.75, 3.05) is 18.0 Å². The number of carbonyl (C=O) groups is 2. The number of thiazole rings is 1. The van der Waals surface area contributed by atoms with E-state index in [1.807, 2.05) is 73.0 Å². The molecule has 2 aromatic carbocycles. The van der Waals surface area contributed by atoms with Gasteiger partial charge < -0.3 is 10.6 Å². The van der Waals surface area contributed by atoms with E-state index in [1.165, 1.54) is 11.3 Å². The highest BCUT2D eigenvalue weighted by Crippen LogP contribution is 2.29. The number of hydrogen-bond acceptors (Lipinski definition) is 4. The lowest BCUT2D eigenvalue weighted by atomic mass is 9.84. The Morgan fingerprint density at radius 3 is 2.31 bits per heavy atom. The third kappa shape index (κ3) is 4.00. The Bertz CT molecular complexity index is 964. The number of nitrogens with zero attached hydrogens (tertiary/aromatic N) is 2. The van der Waals surface area contributed by atoms with Gasteiger partial charge in [-0.25, -0.2) is 9.78 Å². The molecule has 0 saturated carbocycles. The van der Waals surface area contributed by atoms with Crippen LogP contribution in [0.15, 0.2) is 66.0 Å². The van der Waals surface area contributed by atoms with Crippen LogP contribution in [-0.2, 0) is 16.8 Å². The minimum atomic E-state index is -0.659. The molecule has 1 fully saturated rings. The summed E-state index contributed by atoms with van der Waals surface area (Å²) in [4.78, 5) is 30.8. The van der Waals surface area contributed by atoms with Crippen LogP contribution < -0.4 is 15.5 Å². The highest BCUT2D eigenvalue weighted by Gasteiger charge is 2.31. The number of aromatic nitrogens is 1. The Balaban J connectivity index is 1.53. The lowest BCUT2D eigenvalue weighted by molar-refractivity contribution is -0.121. The van der Waals surface area contributed by atoms with Gasteiger partial charge >= 0.3 is 6.03 Å². The van der Waals surface area contributed by atoms with E-state index in [9.17, 15) is 9.59 Å². The van der Waals surface area contributed by atoms with Crippen molar-refractivity contribution in [3.63, 3.8) is 0 Å². The highest BCUT2D eigenvalue weighted by molar-refractivity contribution is 7.14. The molecule has 2 N–H and O–H groups in total. The third-order valence-corrected chi connectivity index (χ3v) is 5.97. The van der Waals surface area contributed by atoms with E-state index in [0.29, 0.717) is 23.9 Å². The van der Waals surface area contributed by atoms with Crippen LogP contribution in [0.25, 0.3) is 0 Å². The second kappa shape index (κ2) is 8.05. The normalized spacial score (nSPS) is 14.0. The number of benzene rings is 2. The van der Waals surface area contributed by atoms with Crippen molar-refractivity contribution in [1.82, 2.24) is 15.6 Å². The van der Waals surface area contributed by atoms with Crippen LogP contribution in [0.1, 0.15) is 23.7 Å². The second-order valence-corrected chi connectivity index (χ2v) is 7.92. The summed E-state index contributed by atoms with van der Waals surface area (Å²) in [5, 5.41) is 8.41. The fraction of sp³-hybridized carbons (Fsp3) is 0.227. The molecule has 1 saturated heterocycles. The Morgan fingerprint density at radius 1 is 1.14 bits per heavy atom. The van der Waals surface area contributed by atoms with Crippen LogP contribution in [-0.4, -0.2) is 30.0 Å². The standard InChI is InChI=1S/C22H22N4O2S/c1-22(16-8-4-2-5-9-16,17-10-6-3-7-11-17)25-19(27)14-18-15-29-21(24-18)26-13-12-23-20(26)28/h2-11,15H,12-14H2,1H3,(H,23,28)(H,25,27). The van der Waals surface area contributed by atoms with Gasteiger partial charge in [0.05, 0.1) is 17.7 Å². The van der Waals surface area contributed by atoms with Gasteiger partial charge in [0.1, 0.15) is 0 Å². The smallest absolute Gasteiger partial charge is 0.323 e. The largest absolute Gasteiger partial charge is 0.342 e. The lowest BCUT2D eigenvalue weighted by Crippen LogP contribution is -2.45. The first-order valence-electron chi connectivity index (χ1n) is 9.48. The van der Waals surface area contributed by atoms with Crippen molar-refractivity contribution in [1.29, 1.82) is 0 Å². The molecular weight excluding hydrogens is 384 g/mol. The summed E-state index contributed by atoms with van der Waals surface area (Å²) in [6, 6.07) is 19.7. The molecule has 3 amide bonds. The predicted octanol–water partition coefficient (Wildman–Crippen LogP) is 3.30. The molecule has 2 heterocycles. The first-order valence-corrected chi connectivity index (χ1v) is 10.4. The minimum absolute atomic E-state index is 0.122. The molecule has 1 aromatic heterocycles. The van der Waals surface area contributed by atoms with E-state index in [1.54, 1.807) is 4.90 Å². The minimum Gasteiger partial charge on any atom is -0.342 e. The zero-order valence-corrected chi connectivity index (χ0v) is 16.9. The predicted molar refractivity (Wildman–Crippen MR) is 114 cm³/mol. The third-order valence-electron chi connectivity index (χ3n) is 5.06. The molecule has 1 aliphatic rings. The molecule has 7 heteroatoms. The van der Waals surface area contributed by atoms with Gasteiger partial charge in [0, 0.05) is 18.5 Å². The molecule has 0 unspecified atom stereocenters. The summed E-state index contributed by atoms with van der Waals surface area (Å²) in [6.45, 7) is 3.22. The van der Waals surface area contributed by atoms with E-state index < -0.39 is 5.54 Å². The maximum atomic E-state index is 12.9. The summed E-state index contributed by atoms with van der Waals surface area (Å²) in [6.07, 6.45) is 0.154. The molecule has 0 spiro atoms. The van der Waals surface area contributed by atoms with Crippen LogP contribution in [0.2, 0.25) is 0 Å². The average Bonchev–Trinajstić information content (AvgIpc) is 3.37. The number of rotatable bonds is 6. The van der Waals surface area contributed by atoms with Gasteiger partial charge in [0.25, 0.3) is 0 Å². The molecule has 0 aliphatic carbocycles. The molecule has 0 radical (unpaired) electrons. The number of carbonyl (C=O) groups excluding carboxylic acids is 2. The molecule has 1 aliphatic heterocycles.